The van der Waals surface area contributed by atoms with Crippen LogP contribution in [0.5, 0.6) is 0 Å². The van der Waals surface area contributed by atoms with Gasteiger partial charge in [-0.15, -0.1) is 11.3 Å². The summed E-state index contributed by atoms with van der Waals surface area (Å²) in [5, 5.41) is 8.01. The van der Waals surface area contributed by atoms with Gasteiger partial charge in [-0.25, -0.2) is 9.78 Å². The Labute approximate surface area is 155 Å². The van der Waals surface area contributed by atoms with Crippen molar-refractivity contribution in [1.29, 1.82) is 0 Å². The van der Waals surface area contributed by atoms with Crippen LogP contribution in [0, 0.1) is 0 Å². The predicted molar refractivity (Wildman–Crippen MR) is 105 cm³/mol. The second-order valence-electron chi connectivity index (χ2n) is 5.77. The van der Waals surface area contributed by atoms with E-state index in [4.69, 9.17) is 4.74 Å². The van der Waals surface area contributed by atoms with Crippen molar-refractivity contribution in [3.63, 3.8) is 0 Å². The van der Waals surface area contributed by atoms with Crippen molar-refractivity contribution in [2.75, 3.05) is 5.32 Å². The van der Waals surface area contributed by atoms with Gasteiger partial charge in [-0.3, -0.25) is 0 Å². The van der Waals surface area contributed by atoms with Gasteiger partial charge in [0.25, 0.3) is 0 Å². The van der Waals surface area contributed by atoms with E-state index in [0.29, 0.717) is 5.56 Å². The summed E-state index contributed by atoms with van der Waals surface area (Å²) in [6.45, 7) is 0.151. The van der Waals surface area contributed by atoms with Crippen molar-refractivity contribution in [1.82, 2.24) is 4.98 Å². The van der Waals surface area contributed by atoms with E-state index in [0.717, 1.165) is 27.3 Å². The molecule has 0 radical (unpaired) electrons. The number of fused-ring (bicyclic) bond motifs is 1. The number of aromatic nitrogens is 1. The molecule has 128 valence electrons. The van der Waals surface area contributed by atoms with Gasteiger partial charge in [0.2, 0.25) is 0 Å². The first kappa shape index (κ1) is 16.3. The number of carbonyl (C=O) groups is 1. The summed E-state index contributed by atoms with van der Waals surface area (Å²) in [5.74, 6) is -0.346. The first-order chi connectivity index (χ1) is 12.8. The number of carbonyl (C=O) groups excluding carboxylic acids is 1. The number of nitrogens with zero attached hydrogens (tertiary/aromatic N) is 1. The Balaban J connectivity index is 1.39. The molecule has 1 N–H and O–H groups in total. The number of thiazole rings is 1. The van der Waals surface area contributed by atoms with Gasteiger partial charge in [-0.1, -0.05) is 48.5 Å². The van der Waals surface area contributed by atoms with Crippen molar-refractivity contribution in [2.45, 2.75) is 6.61 Å². The zero-order valence-corrected chi connectivity index (χ0v) is 14.7. The average Bonchev–Trinajstić information content (AvgIpc) is 3.14. The molecule has 0 atom stereocenters. The number of hydrogen-bond donors (Lipinski definition) is 1. The monoisotopic (exact) mass is 360 g/mol. The average molecular weight is 360 g/mol. The molecule has 0 saturated heterocycles. The summed E-state index contributed by atoms with van der Waals surface area (Å²) in [6.07, 6.45) is 0. The van der Waals surface area contributed by atoms with Crippen molar-refractivity contribution < 1.29 is 9.53 Å². The third kappa shape index (κ3) is 3.73. The molecule has 4 rings (SSSR count). The number of rotatable bonds is 5. The first-order valence-corrected chi connectivity index (χ1v) is 9.08. The van der Waals surface area contributed by atoms with Crippen molar-refractivity contribution in [3.8, 4) is 0 Å². The van der Waals surface area contributed by atoms with Gasteiger partial charge in [0.1, 0.15) is 6.61 Å². The summed E-state index contributed by atoms with van der Waals surface area (Å²) in [4.78, 5) is 16.7. The van der Waals surface area contributed by atoms with Crippen molar-refractivity contribution in [3.05, 3.63) is 89.4 Å². The molecule has 0 saturated carbocycles. The molecular formula is C21H16N2O2S. The molecule has 0 aliphatic carbocycles. The summed E-state index contributed by atoms with van der Waals surface area (Å²) in [6, 6.07) is 23.3. The van der Waals surface area contributed by atoms with Crippen LogP contribution < -0.4 is 5.32 Å². The quantitative estimate of drug-likeness (QED) is 0.484. The van der Waals surface area contributed by atoms with E-state index in [9.17, 15) is 4.79 Å². The lowest BCUT2D eigenvalue weighted by Gasteiger charge is -2.05. The third-order valence-electron chi connectivity index (χ3n) is 3.91. The number of esters is 1. The number of hydrogen-bond acceptors (Lipinski definition) is 5. The van der Waals surface area contributed by atoms with E-state index in [1.54, 1.807) is 6.07 Å². The molecule has 0 aliphatic rings. The minimum absolute atomic E-state index is 0.151. The SMILES string of the molecule is O=C(OCc1csc(Nc2ccccc2)n1)c1ccc2ccccc2c1. The van der Waals surface area contributed by atoms with Crippen LogP contribution in [0.15, 0.2) is 78.2 Å². The van der Waals surface area contributed by atoms with Gasteiger partial charge in [0.15, 0.2) is 5.13 Å². The molecule has 5 heteroatoms. The summed E-state index contributed by atoms with van der Waals surface area (Å²) in [7, 11) is 0. The maximum Gasteiger partial charge on any atom is 0.338 e. The molecular weight excluding hydrogens is 344 g/mol. The number of para-hydroxylation sites is 1. The smallest absolute Gasteiger partial charge is 0.338 e. The molecule has 0 amide bonds. The minimum Gasteiger partial charge on any atom is -0.456 e. The highest BCUT2D eigenvalue weighted by Crippen LogP contribution is 2.21. The fourth-order valence-corrected chi connectivity index (χ4v) is 3.33. The van der Waals surface area contributed by atoms with Crippen LogP contribution in [0.3, 0.4) is 0 Å². The van der Waals surface area contributed by atoms with Gasteiger partial charge in [0.05, 0.1) is 11.3 Å². The van der Waals surface area contributed by atoms with Crippen molar-refractivity contribution >= 4 is 38.9 Å². The lowest BCUT2D eigenvalue weighted by molar-refractivity contribution is 0.0468. The lowest BCUT2D eigenvalue weighted by atomic mass is 10.1. The molecule has 0 unspecified atom stereocenters. The molecule has 0 spiro atoms. The van der Waals surface area contributed by atoms with E-state index in [2.05, 4.69) is 10.3 Å². The zero-order valence-electron chi connectivity index (χ0n) is 13.9. The van der Waals surface area contributed by atoms with Crippen LogP contribution >= 0.6 is 11.3 Å². The van der Waals surface area contributed by atoms with Gasteiger partial charge >= 0.3 is 5.97 Å². The third-order valence-corrected chi connectivity index (χ3v) is 4.72. The highest BCUT2D eigenvalue weighted by atomic mass is 32.1. The maximum atomic E-state index is 12.3. The van der Waals surface area contributed by atoms with E-state index in [1.807, 2.05) is 72.1 Å². The molecule has 3 aromatic carbocycles. The molecule has 0 fully saturated rings. The van der Waals surface area contributed by atoms with Gasteiger partial charge in [-0.2, -0.15) is 0 Å². The Morgan fingerprint density at radius 1 is 0.962 bits per heavy atom. The Bertz CT molecular complexity index is 1040. The zero-order chi connectivity index (χ0) is 17.8. The summed E-state index contributed by atoms with van der Waals surface area (Å²) >= 11 is 1.48. The Hall–Kier alpha value is -3.18. The lowest BCUT2D eigenvalue weighted by Crippen LogP contribution is -2.05. The largest absolute Gasteiger partial charge is 0.456 e. The Kier molecular flexibility index (Phi) is 4.62. The topological polar surface area (TPSA) is 51.2 Å². The number of ether oxygens (including phenoxy) is 1. The Morgan fingerprint density at radius 3 is 2.58 bits per heavy atom. The molecule has 0 aliphatic heterocycles. The minimum atomic E-state index is -0.346. The van der Waals surface area contributed by atoms with Crippen LogP contribution in [0.25, 0.3) is 10.8 Å². The normalized spacial score (nSPS) is 10.6. The standard InChI is InChI=1S/C21H16N2O2S/c24-20(17-11-10-15-6-4-5-7-16(15)12-17)25-13-19-14-26-21(23-19)22-18-8-2-1-3-9-18/h1-12,14H,13H2,(H,22,23). The van der Waals surface area contributed by atoms with E-state index >= 15 is 0 Å². The molecule has 4 nitrogen and oxygen atoms in total. The highest BCUT2D eigenvalue weighted by molar-refractivity contribution is 7.13. The van der Waals surface area contributed by atoms with E-state index in [-0.39, 0.29) is 12.6 Å². The second-order valence-corrected chi connectivity index (χ2v) is 6.63. The number of nitrogens with one attached hydrogen (secondary N) is 1. The van der Waals surface area contributed by atoms with Gasteiger partial charge < -0.3 is 10.1 Å². The van der Waals surface area contributed by atoms with E-state index < -0.39 is 0 Å². The molecule has 1 heterocycles. The van der Waals surface area contributed by atoms with Crippen LogP contribution in [-0.4, -0.2) is 11.0 Å². The highest BCUT2D eigenvalue weighted by Gasteiger charge is 2.10. The van der Waals surface area contributed by atoms with Crippen LogP contribution in [-0.2, 0) is 11.3 Å². The summed E-state index contributed by atoms with van der Waals surface area (Å²) in [5.41, 5.74) is 2.24. The maximum absolute atomic E-state index is 12.3. The Morgan fingerprint density at radius 2 is 1.73 bits per heavy atom. The van der Waals surface area contributed by atoms with E-state index in [1.165, 1.54) is 11.3 Å². The van der Waals surface area contributed by atoms with Gasteiger partial charge in [-0.05, 0) is 35.0 Å². The fraction of sp³-hybridized carbons (Fsp3) is 0.0476. The molecule has 26 heavy (non-hydrogen) atoms. The van der Waals surface area contributed by atoms with Gasteiger partial charge in [0, 0.05) is 11.1 Å². The van der Waals surface area contributed by atoms with Crippen molar-refractivity contribution in [2.24, 2.45) is 0 Å². The molecule has 0 bridgehead atoms. The van der Waals surface area contributed by atoms with Crippen LogP contribution in [0.1, 0.15) is 16.1 Å². The second kappa shape index (κ2) is 7.37. The molecule has 4 aromatic rings. The predicted octanol–water partition coefficient (Wildman–Crippen LogP) is 5.40. The number of benzene rings is 3. The fourth-order valence-electron chi connectivity index (χ4n) is 2.61. The van der Waals surface area contributed by atoms with Crippen LogP contribution in [0.4, 0.5) is 10.8 Å². The summed E-state index contributed by atoms with van der Waals surface area (Å²) < 4.78 is 5.40. The van der Waals surface area contributed by atoms with Crippen LogP contribution in [0.2, 0.25) is 0 Å². The first-order valence-electron chi connectivity index (χ1n) is 8.20. The molecule has 1 aromatic heterocycles. The number of anilines is 2.